The topological polar surface area (TPSA) is 86.5 Å². The number of piperidine rings is 1. The molecule has 0 spiro atoms. The summed E-state index contributed by atoms with van der Waals surface area (Å²) in [5.41, 5.74) is 3.22. The molecule has 2 aliphatic rings. The van der Waals surface area contributed by atoms with Crippen LogP contribution < -0.4 is 15.5 Å². The molecule has 1 saturated heterocycles. The molecule has 4 rings (SSSR count). The van der Waals surface area contributed by atoms with Gasteiger partial charge in [-0.1, -0.05) is 12.1 Å². The predicted molar refractivity (Wildman–Crippen MR) is 104 cm³/mol. The van der Waals surface area contributed by atoms with Gasteiger partial charge in [0.15, 0.2) is 0 Å². The number of anilines is 3. The number of likely N-dealkylation sites (N-methyl/N-ethyl adjacent to an activating group) is 1. The minimum atomic E-state index is -0.141. The maximum absolute atomic E-state index is 12.7. The lowest BCUT2D eigenvalue weighted by atomic mass is 9.92. The third-order valence-corrected chi connectivity index (χ3v) is 5.64. The maximum Gasteiger partial charge on any atom is 0.324 e. The van der Waals surface area contributed by atoms with Crippen LogP contribution in [0.5, 0.6) is 0 Å². The Labute approximate surface area is 158 Å². The number of nitrogens with zero attached hydrogens (tertiary/aromatic N) is 4. The van der Waals surface area contributed by atoms with Crippen LogP contribution in [-0.4, -0.2) is 53.8 Å². The van der Waals surface area contributed by atoms with E-state index in [-0.39, 0.29) is 12.1 Å². The van der Waals surface area contributed by atoms with Crippen LogP contribution in [-0.2, 0) is 6.42 Å². The summed E-state index contributed by atoms with van der Waals surface area (Å²) in [5.74, 6) is 1.86. The zero-order valence-electron chi connectivity index (χ0n) is 16.0. The minimum absolute atomic E-state index is 0.141. The molecule has 2 aromatic heterocycles. The number of likely N-dealkylation sites (tertiary alicyclic amines) is 1. The molecule has 27 heavy (non-hydrogen) atoms. The van der Waals surface area contributed by atoms with Gasteiger partial charge in [-0.15, -0.1) is 0 Å². The number of hydrogen-bond donors (Lipinski definition) is 2. The summed E-state index contributed by atoms with van der Waals surface area (Å²) in [4.78, 5) is 21.3. The van der Waals surface area contributed by atoms with Gasteiger partial charge >= 0.3 is 6.03 Å². The average molecular weight is 370 g/mol. The van der Waals surface area contributed by atoms with Crippen molar-refractivity contribution in [3.05, 3.63) is 29.6 Å². The van der Waals surface area contributed by atoms with Crippen molar-refractivity contribution in [2.45, 2.75) is 32.7 Å². The van der Waals surface area contributed by atoms with E-state index in [2.05, 4.69) is 45.7 Å². The Morgan fingerprint density at radius 3 is 3.11 bits per heavy atom. The van der Waals surface area contributed by atoms with E-state index in [0.29, 0.717) is 18.3 Å². The number of hydrogen-bond acceptors (Lipinski definition) is 6. The molecule has 2 atom stereocenters. The number of aromatic nitrogens is 2. The molecule has 0 aromatic carbocycles. The third-order valence-electron chi connectivity index (χ3n) is 5.64. The van der Waals surface area contributed by atoms with Gasteiger partial charge in [-0.25, -0.2) is 9.78 Å². The van der Waals surface area contributed by atoms with Crippen molar-refractivity contribution in [1.29, 1.82) is 0 Å². The second-order valence-corrected chi connectivity index (χ2v) is 7.49. The van der Waals surface area contributed by atoms with Crippen molar-refractivity contribution in [2.75, 3.05) is 42.2 Å². The molecule has 0 bridgehead atoms. The molecule has 1 unspecified atom stereocenters. The summed E-state index contributed by atoms with van der Waals surface area (Å²) in [6.45, 7) is 6.42. The Morgan fingerprint density at radius 1 is 1.48 bits per heavy atom. The van der Waals surface area contributed by atoms with Crippen LogP contribution in [0.25, 0.3) is 0 Å². The largest absolute Gasteiger partial charge is 0.369 e. The van der Waals surface area contributed by atoms with E-state index in [9.17, 15) is 4.79 Å². The van der Waals surface area contributed by atoms with Crippen molar-refractivity contribution < 1.29 is 9.32 Å². The van der Waals surface area contributed by atoms with Gasteiger partial charge in [0.1, 0.15) is 5.82 Å². The first-order valence-corrected chi connectivity index (χ1v) is 9.46. The number of nitrogens with one attached hydrogen (secondary N) is 2. The molecule has 2 amide bonds. The molecule has 4 heterocycles. The molecule has 8 nitrogen and oxygen atoms in total. The first-order valence-electron chi connectivity index (χ1n) is 9.46. The minimum Gasteiger partial charge on any atom is -0.369 e. The highest BCUT2D eigenvalue weighted by atomic mass is 16.5. The number of pyridine rings is 1. The Bertz CT molecular complexity index is 835. The van der Waals surface area contributed by atoms with Gasteiger partial charge in [-0.05, 0) is 31.7 Å². The summed E-state index contributed by atoms with van der Waals surface area (Å²) >= 11 is 0. The summed E-state index contributed by atoms with van der Waals surface area (Å²) < 4.78 is 5.11. The van der Waals surface area contributed by atoms with Gasteiger partial charge in [0, 0.05) is 56.2 Å². The second kappa shape index (κ2) is 7.09. The molecule has 2 aliphatic heterocycles. The van der Waals surface area contributed by atoms with Crippen LogP contribution in [0.15, 0.2) is 22.9 Å². The Morgan fingerprint density at radius 2 is 2.33 bits per heavy atom. The van der Waals surface area contributed by atoms with Crippen molar-refractivity contribution >= 4 is 23.4 Å². The molecular formula is C19H26N6O2. The second-order valence-electron chi connectivity index (χ2n) is 7.49. The van der Waals surface area contributed by atoms with Gasteiger partial charge in [0.05, 0.1) is 5.69 Å². The van der Waals surface area contributed by atoms with Crippen LogP contribution in [0.4, 0.5) is 22.2 Å². The monoisotopic (exact) mass is 370 g/mol. The summed E-state index contributed by atoms with van der Waals surface area (Å²) in [7, 11) is 2.12. The van der Waals surface area contributed by atoms with E-state index in [0.717, 1.165) is 37.4 Å². The summed E-state index contributed by atoms with van der Waals surface area (Å²) in [5, 5.41) is 9.96. The van der Waals surface area contributed by atoms with Gasteiger partial charge in [-0.3, -0.25) is 5.32 Å². The fraction of sp³-hybridized carbons (Fsp3) is 0.526. The zero-order chi connectivity index (χ0) is 19.0. The van der Waals surface area contributed by atoms with Gasteiger partial charge in [0.2, 0.25) is 5.88 Å². The van der Waals surface area contributed by atoms with Crippen molar-refractivity contribution in [3.8, 4) is 0 Å². The Balaban J connectivity index is 1.49. The van der Waals surface area contributed by atoms with Crippen LogP contribution in [0.2, 0.25) is 0 Å². The lowest BCUT2D eigenvalue weighted by molar-refractivity contribution is 0.172. The lowest BCUT2D eigenvalue weighted by Gasteiger charge is -2.42. The van der Waals surface area contributed by atoms with E-state index in [1.54, 1.807) is 6.07 Å². The Hall–Kier alpha value is -2.77. The SMILES string of the molecule is Cc1cc(NC(=O)N2CC[C@@H](C)C(N(C)c3ccnc4c3CCN4)C2)on1. The van der Waals surface area contributed by atoms with E-state index < -0.39 is 0 Å². The smallest absolute Gasteiger partial charge is 0.324 e. The molecular weight excluding hydrogens is 344 g/mol. The Kier molecular flexibility index (Phi) is 4.63. The van der Waals surface area contributed by atoms with Crippen molar-refractivity contribution in [2.24, 2.45) is 5.92 Å². The highest BCUT2D eigenvalue weighted by Crippen LogP contribution is 2.33. The van der Waals surface area contributed by atoms with Crippen LogP contribution in [0, 0.1) is 12.8 Å². The number of amides is 2. The molecule has 2 N–H and O–H groups in total. The normalized spacial score (nSPS) is 21.5. The number of urea groups is 1. The lowest BCUT2D eigenvalue weighted by Crippen LogP contribution is -2.53. The van der Waals surface area contributed by atoms with Crippen LogP contribution in [0.3, 0.4) is 0 Å². The van der Waals surface area contributed by atoms with Crippen molar-refractivity contribution in [1.82, 2.24) is 15.0 Å². The van der Waals surface area contributed by atoms with Crippen LogP contribution in [0.1, 0.15) is 24.6 Å². The summed E-state index contributed by atoms with van der Waals surface area (Å²) in [6.07, 6.45) is 3.80. The molecule has 1 fully saturated rings. The third kappa shape index (κ3) is 3.43. The quantitative estimate of drug-likeness (QED) is 0.864. The molecule has 0 saturated carbocycles. The number of fused-ring (bicyclic) bond motifs is 1. The fourth-order valence-electron chi connectivity index (χ4n) is 4.04. The molecule has 0 radical (unpaired) electrons. The number of rotatable bonds is 3. The van der Waals surface area contributed by atoms with Crippen LogP contribution >= 0.6 is 0 Å². The first-order chi connectivity index (χ1) is 13.0. The van der Waals surface area contributed by atoms with Gasteiger partial charge in [0.25, 0.3) is 0 Å². The standard InChI is InChI=1S/C19H26N6O2/c1-12-6-9-25(19(26)22-17-10-13(2)23-27-17)11-16(12)24(3)15-5-8-21-18-14(15)4-7-20-18/h5,8,10,12,16H,4,6-7,9,11H2,1-3H3,(H,20,21)(H,22,26)/t12-,16?/m1/s1. The number of carbonyl (C=O) groups is 1. The van der Waals surface area contributed by atoms with Gasteiger partial charge < -0.3 is 19.6 Å². The summed E-state index contributed by atoms with van der Waals surface area (Å²) in [6, 6.07) is 3.90. The van der Waals surface area contributed by atoms with E-state index >= 15 is 0 Å². The number of aryl methyl sites for hydroxylation is 1. The highest BCUT2D eigenvalue weighted by Gasteiger charge is 2.33. The fourth-order valence-corrected chi connectivity index (χ4v) is 4.04. The molecule has 8 heteroatoms. The average Bonchev–Trinajstić information content (AvgIpc) is 3.30. The zero-order valence-corrected chi connectivity index (χ0v) is 16.0. The number of carbonyl (C=O) groups excluding carboxylic acids is 1. The van der Waals surface area contributed by atoms with Crippen molar-refractivity contribution in [3.63, 3.8) is 0 Å². The highest BCUT2D eigenvalue weighted by molar-refractivity contribution is 5.88. The van der Waals surface area contributed by atoms with E-state index in [1.807, 2.05) is 18.0 Å². The maximum atomic E-state index is 12.7. The molecule has 144 valence electrons. The van der Waals surface area contributed by atoms with Gasteiger partial charge in [-0.2, -0.15) is 0 Å². The predicted octanol–water partition coefficient (Wildman–Crippen LogP) is 2.72. The van der Waals surface area contributed by atoms with E-state index in [4.69, 9.17) is 4.52 Å². The first kappa shape index (κ1) is 17.6. The molecule has 0 aliphatic carbocycles. The molecule has 2 aromatic rings. The van der Waals surface area contributed by atoms with E-state index in [1.165, 1.54) is 11.3 Å².